The number of hydrogen-bond donors (Lipinski definition) is 3. The first-order valence-corrected chi connectivity index (χ1v) is 7.14. The minimum Gasteiger partial charge on any atom is -0.370 e. The second-order valence-corrected chi connectivity index (χ2v) is 6.52. The number of primary amides is 1. The molecule has 0 aromatic carbocycles. The third-order valence-corrected chi connectivity index (χ3v) is 4.49. The van der Waals surface area contributed by atoms with Crippen LogP contribution < -0.4 is 16.8 Å². The van der Waals surface area contributed by atoms with Crippen LogP contribution in [0.2, 0.25) is 0 Å². The van der Waals surface area contributed by atoms with E-state index in [1.54, 1.807) is 0 Å². The molecule has 0 bridgehead atoms. The standard InChI is InChI=1S/C9H17N3O4S/c10-7(3-8(11)13)9(14)12-4-6-1-2-17(15,16)5-6/h6-7H,1-5,10H2,(H2,11,13)(H,12,14). The highest BCUT2D eigenvalue weighted by Crippen LogP contribution is 2.17. The molecule has 7 nitrogen and oxygen atoms in total. The first-order valence-electron chi connectivity index (χ1n) is 5.32. The van der Waals surface area contributed by atoms with Crippen LogP contribution in [-0.4, -0.2) is 44.3 Å². The summed E-state index contributed by atoms with van der Waals surface area (Å²) in [6.45, 7) is 0.268. The van der Waals surface area contributed by atoms with E-state index in [2.05, 4.69) is 5.32 Å². The zero-order valence-corrected chi connectivity index (χ0v) is 10.2. The minimum atomic E-state index is -2.94. The van der Waals surface area contributed by atoms with Gasteiger partial charge in [-0.2, -0.15) is 0 Å². The molecule has 1 fully saturated rings. The Labute approximate surface area is 99.8 Å². The Balaban J connectivity index is 2.32. The number of hydrogen-bond acceptors (Lipinski definition) is 5. The Bertz CT molecular complexity index is 406. The van der Waals surface area contributed by atoms with E-state index in [4.69, 9.17) is 11.5 Å². The van der Waals surface area contributed by atoms with Crippen LogP contribution in [0.4, 0.5) is 0 Å². The molecule has 5 N–H and O–H groups in total. The van der Waals surface area contributed by atoms with Crippen molar-refractivity contribution in [3.8, 4) is 0 Å². The van der Waals surface area contributed by atoms with Crippen molar-refractivity contribution >= 4 is 21.7 Å². The summed E-state index contributed by atoms with van der Waals surface area (Å²) in [5.41, 5.74) is 10.3. The normalized spacial score (nSPS) is 24.2. The van der Waals surface area contributed by atoms with Crippen molar-refractivity contribution in [1.29, 1.82) is 0 Å². The molecular weight excluding hydrogens is 246 g/mol. The van der Waals surface area contributed by atoms with Crippen molar-refractivity contribution in [2.75, 3.05) is 18.1 Å². The topological polar surface area (TPSA) is 132 Å². The average Bonchev–Trinajstić information content (AvgIpc) is 2.53. The van der Waals surface area contributed by atoms with Gasteiger partial charge in [0.1, 0.15) is 0 Å². The van der Waals surface area contributed by atoms with Crippen LogP contribution in [0, 0.1) is 5.92 Å². The van der Waals surface area contributed by atoms with Crippen LogP contribution >= 0.6 is 0 Å². The van der Waals surface area contributed by atoms with Gasteiger partial charge in [-0.3, -0.25) is 9.59 Å². The smallest absolute Gasteiger partial charge is 0.237 e. The maximum atomic E-state index is 11.4. The van der Waals surface area contributed by atoms with Crippen LogP contribution in [-0.2, 0) is 19.4 Å². The van der Waals surface area contributed by atoms with Gasteiger partial charge in [0.05, 0.1) is 24.0 Å². The summed E-state index contributed by atoms with van der Waals surface area (Å²) >= 11 is 0. The number of carbonyl (C=O) groups is 2. The van der Waals surface area contributed by atoms with Crippen molar-refractivity contribution in [3.63, 3.8) is 0 Å². The molecule has 0 saturated carbocycles. The molecule has 0 spiro atoms. The average molecular weight is 263 g/mol. The summed E-state index contributed by atoms with van der Waals surface area (Å²) in [6, 6.07) is -0.967. The van der Waals surface area contributed by atoms with E-state index < -0.39 is 27.7 Å². The predicted molar refractivity (Wildman–Crippen MR) is 61.6 cm³/mol. The third-order valence-electron chi connectivity index (χ3n) is 2.65. The van der Waals surface area contributed by atoms with Gasteiger partial charge in [-0.25, -0.2) is 8.42 Å². The lowest BCUT2D eigenvalue weighted by molar-refractivity contribution is -0.126. The first kappa shape index (κ1) is 13.9. The molecule has 0 radical (unpaired) electrons. The fraction of sp³-hybridized carbons (Fsp3) is 0.778. The summed E-state index contributed by atoms with van der Waals surface area (Å²) in [4.78, 5) is 21.9. The van der Waals surface area contributed by atoms with Gasteiger partial charge in [0, 0.05) is 6.54 Å². The van der Waals surface area contributed by atoms with Gasteiger partial charge in [-0.15, -0.1) is 0 Å². The molecule has 1 aliphatic heterocycles. The molecule has 0 aliphatic carbocycles. The van der Waals surface area contributed by atoms with Crippen molar-refractivity contribution in [1.82, 2.24) is 5.32 Å². The molecule has 0 aromatic rings. The Morgan fingerprint density at radius 1 is 1.41 bits per heavy atom. The Kier molecular flexibility index (Phi) is 4.47. The van der Waals surface area contributed by atoms with E-state index in [1.165, 1.54) is 0 Å². The summed E-state index contributed by atoms with van der Waals surface area (Å²) in [6.07, 6.45) is 0.336. The number of amides is 2. The molecule has 2 unspecified atom stereocenters. The molecular formula is C9H17N3O4S. The summed E-state index contributed by atoms with van der Waals surface area (Å²) in [5, 5.41) is 2.53. The Morgan fingerprint density at radius 3 is 2.53 bits per heavy atom. The maximum Gasteiger partial charge on any atom is 0.237 e. The fourth-order valence-corrected chi connectivity index (χ4v) is 3.58. The highest BCUT2D eigenvalue weighted by molar-refractivity contribution is 7.91. The number of nitrogens with two attached hydrogens (primary N) is 2. The Morgan fingerprint density at radius 2 is 2.06 bits per heavy atom. The number of sulfone groups is 1. The van der Waals surface area contributed by atoms with Gasteiger partial charge in [-0.1, -0.05) is 0 Å². The summed E-state index contributed by atoms with van der Waals surface area (Å²) in [5.74, 6) is -0.923. The van der Waals surface area contributed by atoms with E-state index in [9.17, 15) is 18.0 Å². The van der Waals surface area contributed by atoms with Crippen LogP contribution in [0.1, 0.15) is 12.8 Å². The largest absolute Gasteiger partial charge is 0.370 e. The SMILES string of the molecule is NC(=O)CC(N)C(=O)NCC1CCS(=O)(=O)C1. The summed E-state index contributed by atoms with van der Waals surface area (Å²) < 4.78 is 22.3. The molecule has 0 aromatic heterocycles. The van der Waals surface area contributed by atoms with Crippen LogP contribution in [0.3, 0.4) is 0 Å². The van der Waals surface area contributed by atoms with Gasteiger partial charge >= 0.3 is 0 Å². The fourth-order valence-electron chi connectivity index (χ4n) is 1.72. The van der Waals surface area contributed by atoms with E-state index in [0.717, 1.165) is 0 Å². The van der Waals surface area contributed by atoms with Gasteiger partial charge in [-0.05, 0) is 12.3 Å². The number of nitrogens with one attached hydrogen (secondary N) is 1. The van der Waals surface area contributed by atoms with Crippen molar-refractivity contribution in [2.24, 2.45) is 17.4 Å². The zero-order valence-electron chi connectivity index (χ0n) is 9.39. The molecule has 98 valence electrons. The van der Waals surface area contributed by atoms with Crippen LogP contribution in [0.15, 0.2) is 0 Å². The lowest BCUT2D eigenvalue weighted by Gasteiger charge is -2.13. The van der Waals surface area contributed by atoms with Gasteiger partial charge < -0.3 is 16.8 Å². The molecule has 8 heteroatoms. The Hall–Kier alpha value is -1.15. The van der Waals surface area contributed by atoms with Crippen molar-refractivity contribution in [3.05, 3.63) is 0 Å². The van der Waals surface area contributed by atoms with Gasteiger partial charge in [0.25, 0.3) is 0 Å². The van der Waals surface area contributed by atoms with E-state index >= 15 is 0 Å². The quantitative estimate of drug-likeness (QED) is 0.515. The molecule has 1 saturated heterocycles. The van der Waals surface area contributed by atoms with Crippen LogP contribution in [0.25, 0.3) is 0 Å². The maximum absolute atomic E-state index is 11.4. The molecule has 2 atom stereocenters. The van der Waals surface area contributed by atoms with E-state index in [1.807, 2.05) is 0 Å². The molecule has 1 heterocycles. The number of rotatable bonds is 5. The summed E-state index contributed by atoms with van der Waals surface area (Å²) in [7, 11) is -2.94. The predicted octanol–water partition coefficient (Wildman–Crippen LogP) is -2.26. The molecule has 17 heavy (non-hydrogen) atoms. The monoisotopic (exact) mass is 263 g/mol. The minimum absolute atomic E-state index is 0.0651. The van der Waals surface area contributed by atoms with Gasteiger partial charge in [0.2, 0.25) is 11.8 Å². The molecule has 1 rings (SSSR count). The lowest BCUT2D eigenvalue weighted by atomic mass is 10.1. The van der Waals surface area contributed by atoms with Gasteiger partial charge in [0.15, 0.2) is 9.84 Å². The van der Waals surface area contributed by atoms with Crippen LogP contribution in [0.5, 0.6) is 0 Å². The van der Waals surface area contributed by atoms with Crippen molar-refractivity contribution in [2.45, 2.75) is 18.9 Å². The molecule has 2 amide bonds. The molecule has 1 aliphatic rings. The highest BCUT2D eigenvalue weighted by atomic mass is 32.2. The van der Waals surface area contributed by atoms with E-state index in [-0.39, 0.29) is 30.4 Å². The third kappa shape index (κ3) is 4.70. The second-order valence-electron chi connectivity index (χ2n) is 4.29. The lowest BCUT2D eigenvalue weighted by Crippen LogP contribution is -2.44. The highest BCUT2D eigenvalue weighted by Gasteiger charge is 2.28. The second kappa shape index (κ2) is 5.46. The van der Waals surface area contributed by atoms with E-state index in [0.29, 0.717) is 6.42 Å². The zero-order chi connectivity index (χ0) is 13.1. The first-order chi connectivity index (χ1) is 7.80. The van der Waals surface area contributed by atoms with Crippen molar-refractivity contribution < 1.29 is 18.0 Å². The number of carbonyl (C=O) groups excluding carboxylic acids is 2.